The number of carbonyl (C=O) groups excluding carboxylic acids is 1. The van der Waals surface area contributed by atoms with Crippen molar-refractivity contribution in [2.45, 2.75) is 71.5 Å². The van der Waals surface area contributed by atoms with Gasteiger partial charge in [0.2, 0.25) is 6.29 Å². The van der Waals surface area contributed by atoms with E-state index in [0.29, 0.717) is 18.4 Å². The van der Waals surface area contributed by atoms with Crippen molar-refractivity contribution in [3.8, 4) is 0 Å². The van der Waals surface area contributed by atoms with Crippen LogP contribution in [0.4, 0.5) is 0 Å². The number of carbonyl (C=O) groups is 1. The molecule has 1 atom stereocenters. The van der Waals surface area contributed by atoms with Gasteiger partial charge in [-0.2, -0.15) is 0 Å². The summed E-state index contributed by atoms with van der Waals surface area (Å²) in [5.41, 5.74) is 0. The Morgan fingerprint density at radius 1 is 1.00 bits per heavy atom. The molecule has 0 bridgehead atoms. The van der Waals surface area contributed by atoms with Gasteiger partial charge in [0.05, 0.1) is 12.5 Å². The van der Waals surface area contributed by atoms with Crippen LogP contribution in [0.5, 0.6) is 0 Å². The second kappa shape index (κ2) is 9.60. The molecule has 0 saturated heterocycles. The minimum Gasteiger partial charge on any atom is -0.460 e. The Morgan fingerprint density at radius 3 is 2.17 bits per heavy atom. The molecule has 0 aliphatic heterocycles. The van der Waals surface area contributed by atoms with E-state index < -0.39 is 6.29 Å². The zero-order valence-corrected chi connectivity index (χ0v) is 14.5. The van der Waals surface area contributed by atoms with Gasteiger partial charge in [-0.25, -0.2) is 9.78 Å². The average Bonchev–Trinajstić information content (AvgIpc) is 2.55. The van der Waals surface area contributed by atoms with Crippen LogP contribution in [-0.2, 0) is 19.3 Å². The topological polar surface area (TPSA) is 65.0 Å². The minimum absolute atomic E-state index is 0.0245. The van der Waals surface area contributed by atoms with Crippen molar-refractivity contribution in [3.63, 3.8) is 0 Å². The first kappa shape index (κ1) is 18.7. The molecule has 0 spiro atoms. The van der Waals surface area contributed by atoms with Gasteiger partial charge >= 0.3 is 5.97 Å². The smallest absolute Gasteiger partial charge is 0.309 e. The standard InChI is InChI=1S/C18H32O5/c1-13-3-7-15(8-4-13)11-22-23-17(19)12-21-18(20)16-9-5-14(2)6-10-16/h13-17,19H,3-12H2,1-2H3. The van der Waals surface area contributed by atoms with E-state index in [2.05, 4.69) is 13.8 Å². The molecule has 0 aromatic rings. The van der Waals surface area contributed by atoms with Crippen molar-refractivity contribution in [3.05, 3.63) is 0 Å². The number of aliphatic hydroxyl groups excluding tert-OH is 1. The van der Waals surface area contributed by atoms with Gasteiger partial charge in [0.25, 0.3) is 0 Å². The predicted molar refractivity (Wildman–Crippen MR) is 86.2 cm³/mol. The molecule has 0 radical (unpaired) electrons. The van der Waals surface area contributed by atoms with E-state index in [-0.39, 0.29) is 18.5 Å². The van der Waals surface area contributed by atoms with Crippen LogP contribution in [-0.4, -0.2) is 30.6 Å². The van der Waals surface area contributed by atoms with Gasteiger partial charge in [-0.3, -0.25) is 4.79 Å². The largest absolute Gasteiger partial charge is 0.460 e. The molecule has 0 amide bonds. The van der Waals surface area contributed by atoms with E-state index in [1.165, 1.54) is 12.8 Å². The lowest BCUT2D eigenvalue weighted by Crippen LogP contribution is -2.28. The summed E-state index contributed by atoms with van der Waals surface area (Å²) in [6, 6.07) is 0. The van der Waals surface area contributed by atoms with Crippen LogP contribution < -0.4 is 0 Å². The van der Waals surface area contributed by atoms with Crippen molar-refractivity contribution in [2.75, 3.05) is 13.2 Å². The van der Waals surface area contributed by atoms with E-state index in [4.69, 9.17) is 14.5 Å². The fraction of sp³-hybridized carbons (Fsp3) is 0.944. The Bertz CT molecular complexity index is 343. The van der Waals surface area contributed by atoms with Crippen LogP contribution in [0, 0.1) is 23.7 Å². The second-order valence-corrected chi connectivity index (χ2v) is 7.55. The Morgan fingerprint density at radius 2 is 1.57 bits per heavy atom. The van der Waals surface area contributed by atoms with Crippen molar-refractivity contribution in [2.24, 2.45) is 23.7 Å². The van der Waals surface area contributed by atoms with Crippen LogP contribution in [0.3, 0.4) is 0 Å². The molecule has 23 heavy (non-hydrogen) atoms. The van der Waals surface area contributed by atoms with Gasteiger partial charge in [0.15, 0.2) is 0 Å². The maximum Gasteiger partial charge on any atom is 0.309 e. The summed E-state index contributed by atoms with van der Waals surface area (Å²) in [6.07, 6.45) is 7.46. The summed E-state index contributed by atoms with van der Waals surface area (Å²) < 4.78 is 5.14. The van der Waals surface area contributed by atoms with Crippen molar-refractivity contribution >= 4 is 5.97 Å². The number of rotatable bonds is 7. The molecule has 0 aromatic carbocycles. The average molecular weight is 328 g/mol. The van der Waals surface area contributed by atoms with Crippen LogP contribution in [0.2, 0.25) is 0 Å². The molecule has 5 heteroatoms. The first-order valence-electron chi connectivity index (χ1n) is 9.17. The van der Waals surface area contributed by atoms with Crippen LogP contribution in [0.1, 0.15) is 65.2 Å². The highest BCUT2D eigenvalue weighted by atomic mass is 17.2. The van der Waals surface area contributed by atoms with E-state index in [1.807, 2.05) is 0 Å². The van der Waals surface area contributed by atoms with Crippen molar-refractivity contribution in [1.82, 2.24) is 0 Å². The first-order valence-corrected chi connectivity index (χ1v) is 9.17. The lowest BCUT2D eigenvalue weighted by molar-refractivity contribution is -0.379. The molecule has 0 aromatic heterocycles. The Hall–Kier alpha value is -0.650. The third-order valence-corrected chi connectivity index (χ3v) is 5.34. The Kier molecular flexibility index (Phi) is 7.80. The molecule has 5 nitrogen and oxygen atoms in total. The molecular formula is C18H32O5. The molecule has 2 fully saturated rings. The van der Waals surface area contributed by atoms with Crippen LogP contribution in [0.25, 0.3) is 0 Å². The quantitative estimate of drug-likeness (QED) is 0.336. The van der Waals surface area contributed by atoms with E-state index in [1.54, 1.807) is 0 Å². The molecule has 2 rings (SSSR count). The number of esters is 1. The molecule has 2 aliphatic rings. The summed E-state index contributed by atoms with van der Waals surface area (Å²) in [5, 5.41) is 9.69. The third-order valence-electron chi connectivity index (χ3n) is 5.34. The second-order valence-electron chi connectivity index (χ2n) is 7.55. The van der Waals surface area contributed by atoms with E-state index in [0.717, 1.165) is 44.4 Å². The number of hydrogen-bond acceptors (Lipinski definition) is 5. The molecule has 1 N–H and O–H groups in total. The van der Waals surface area contributed by atoms with Gasteiger partial charge in [0.1, 0.15) is 6.61 Å². The lowest BCUT2D eigenvalue weighted by atomic mass is 9.83. The molecule has 1 unspecified atom stereocenters. The molecule has 134 valence electrons. The first-order chi connectivity index (χ1) is 11.0. The summed E-state index contributed by atoms with van der Waals surface area (Å²) in [5.74, 6) is 1.76. The molecular weight excluding hydrogens is 296 g/mol. The highest BCUT2D eigenvalue weighted by Crippen LogP contribution is 2.29. The monoisotopic (exact) mass is 328 g/mol. The molecule has 0 heterocycles. The fourth-order valence-corrected chi connectivity index (χ4v) is 3.50. The van der Waals surface area contributed by atoms with Crippen molar-refractivity contribution < 1.29 is 24.4 Å². The van der Waals surface area contributed by atoms with Crippen LogP contribution in [0.15, 0.2) is 0 Å². The van der Waals surface area contributed by atoms with Crippen molar-refractivity contribution in [1.29, 1.82) is 0 Å². The van der Waals surface area contributed by atoms with Gasteiger partial charge in [-0.05, 0) is 56.3 Å². The molecule has 2 aliphatic carbocycles. The van der Waals surface area contributed by atoms with E-state index in [9.17, 15) is 9.90 Å². The fourth-order valence-electron chi connectivity index (χ4n) is 3.50. The number of ether oxygens (including phenoxy) is 1. The number of aliphatic hydroxyl groups is 1. The zero-order valence-electron chi connectivity index (χ0n) is 14.5. The normalized spacial score (nSPS) is 33.2. The molecule has 2 saturated carbocycles. The summed E-state index contributed by atoms with van der Waals surface area (Å²) in [7, 11) is 0. The SMILES string of the molecule is CC1CCC(COOC(O)COC(=O)C2CCC(C)CC2)CC1. The van der Waals surface area contributed by atoms with Gasteiger partial charge in [-0.1, -0.05) is 26.7 Å². The van der Waals surface area contributed by atoms with Gasteiger partial charge in [-0.15, -0.1) is 0 Å². The maximum absolute atomic E-state index is 11.9. The predicted octanol–water partition coefficient (Wildman–Crippen LogP) is 3.45. The highest BCUT2D eigenvalue weighted by Gasteiger charge is 2.26. The Balaban J connectivity index is 1.52. The summed E-state index contributed by atoms with van der Waals surface area (Å²) in [6.45, 7) is 4.83. The van der Waals surface area contributed by atoms with Gasteiger partial charge in [0, 0.05) is 0 Å². The third kappa shape index (κ3) is 6.77. The minimum atomic E-state index is -1.20. The zero-order chi connectivity index (χ0) is 16.7. The highest BCUT2D eigenvalue weighted by molar-refractivity contribution is 5.72. The van der Waals surface area contributed by atoms with E-state index >= 15 is 0 Å². The summed E-state index contributed by atoms with van der Waals surface area (Å²) >= 11 is 0. The Labute approximate surface area is 139 Å². The van der Waals surface area contributed by atoms with Gasteiger partial charge < -0.3 is 9.84 Å². The number of hydrogen-bond donors (Lipinski definition) is 1. The summed E-state index contributed by atoms with van der Waals surface area (Å²) in [4.78, 5) is 22.0. The lowest BCUT2D eigenvalue weighted by Gasteiger charge is -2.26. The maximum atomic E-state index is 11.9. The van der Waals surface area contributed by atoms with Crippen LogP contribution >= 0.6 is 0 Å².